The number of rotatable bonds is 10. The predicted molar refractivity (Wildman–Crippen MR) is 121 cm³/mol. The number of esters is 1. The van der Waals surface area contributed by atoms with Crippen LogP contribution in [0.2, 0.25) is 10.0 Å². The highest BCUT2D eigenvalue weighted by molar-refractivity contribution is 6.50. The van der Waals surface area contributed by atoms with Gasteiger partial charge in [-0.15, -0.1) is 0 Å². The number of amides is 1. The summed E-state index contributed by atoms with van der Waals surface area (Å²) in [5.74, 6) is -4.54. The van der Waals surface area contributed by atoms with Crippen LogP contribution in [0.15, 0.2) is 18.2 Å². The number of hydrogen-bond donors (Lipinski definition) is 3. The monoisotopic (exact) mass is 502 g/mol. The van der Waals surface area contributed by atoms with Crippen LogP contribution in [-0.2, 0) is 33.2 Å². The fraction of sp³-hybridized carbons (Fsp3) is 0.500. The third-order valence-electron chi connectivity index (χ3n) is 4.78. The van der Waals surface area contributed by atoms with E-state index < -0.39 is 55.3 Å². The largest absolute Gasteiger partial charge is 0.552 e. The average Bonchev–Trinajstić information content (AvgIpc) is 2.72. The van der Waals surface area contributed by atoms with E-state index in [9.17, 15) is 24.3 Å². The van der Waals surface area contributed by atoms with Crippen molar-refractivity contribution in [3.8, 4) is 0 Å². The van der Waals surface area contributed by atoms with Gasteiger partial charge in [0.1, 0.15) is 0 Å². The average molecular weight is 503 g/mol. The molecule has 1 fully saturated rings. The molecular formula is C20H25BCl2N2O8. The Morgan fingerprint density at radius 1 is 1.30 bits per heavy atom. The van der Waals surface area contributed by atoms with E-state index in [0.717, 1.165) is 7.11 Å². The van der Waals surface area contributed by atoms with Crippen LogP contribution < -0.4 is 10.6 Å². The molecular weight excluding hydrogens is 478 g/mol. The third kappa shape index (κ3) is 7.51. The number of methoxy groups -OCH3 is 1. The molecule has 1 aliphatic heterocycles. The zero-order chi connectivity index (χ0) is 24.8. The first kappa shape index (κ1) is 26.8. The highest BCUT2D eigenvalue weighted by Gasteiger charge is 2.55. The quantitative estimate of drug-likeness (QED) is 0.324. The summed E-state index contributed by atoms with van der Waals surface area (Å²) in [5, 5.41) is 15.6. The highest BCUT2D eigenvalue weighted by Crippen LogP contribution is 2.31. The van der Waals surface area contributed by atoms with Crippen molar-refractivity contribution < 1.29 is 38.3 Å². The van der Waals surface area contributed by atoms with Crippen molar-refractivity contribution in [3.05, 3.63) is 28.2 Å². The number of nitrogens with one attached hydrogen (secondary N) is 2. The van der Waals surface area contributed by atoms with E-state index in [2.05, 4.69) is 15.4 Å². The van der Waals surface area contributed by atoms with Crippen molar-refractivity contribution in [3.63, 3.8) is 0 Å². The van der Waals surface area contributed by atoms with Crippen LogP contribution >= 0.6 is 23.2 Å². The molecule has 180 valence electrons. The minimum atomic E-state index is -2.06. The molecule has 33 heavy (non-hydrogen) atoms. The van der Waals surface area contributed by atoms with Crippen molar-refractivity contribution in [2.24, 2.45) is 5.92 Å². The summed E-state index contributed by atoms with van der Waals surface area (Å²) in [4.78, 5) is 48.6. The number of aliphatic carboxylic acids is 1. The molecule has 1 aliphatic rings. The molecule has 2 rings (SSSR count). The summed E-state index contributed by atoms with van der Waals surface area (Å²) >= 11 is 12.0. The fourth-order valence-electron chi connectivity index (χ4n) is 3.40. The molecule has 0 spiro atoms. The lowest BCUT2D eigenvalue weighted by molar-refractivity contribution is -0.177. The van der Waals surface area contributed by atoms with E-state index in [1.807, 2.05) is 13.8 Å². The van der Waals surface area contributed by atoms with Gasteiger partial charge in [0, 0.05) is 5.02 Å². The van der Waals surface area contributed by atoms with Crippen molar-refractivity contribution in [2.45, 2.75) is 44.7 Å². The minimum absolute atomic E-state index is 0.0295. The van der Waals surface area contributed by atoms with Crippen molar-refractivity contribution in [1.82, 2.24) is 5.32 Å². The first-order valence-electron chi connectivity index (χ1n) is 10.1. The number of anilines is 1. The number of carboxylic acids is 1. The smallest absolute Gasteiger partial charge is 0.508 e. The van der Waals surface area contributed by atoms with Gasteiger partial charge in [0.15, 0.2) is 5.60 Å². The number of carbonyl (C=O) groups is 4. The van der Waals surface area contributed by atoms with Gasteiger partial charge in [0.25, 0.3) is 5.97 Å². The molecule has 2 atom stereocenters. The standard InChI is InChI=1S/C20H25BCl2N2O8/c1-11(2)6-15(25-16(26)10-24-14-7-12(22)4-5-13(14)23)21-32-18(29)9-20(33-21,8-17(27)28)19(30)31-3/h4-5,7,11,15,24H,6,8-10H2,1-3H3,(H,25,26)(H,27,28)/t15-,20+/m0/s1. The van der Waals surface area contributed by atoms with Gasteiger partial charge in [0.05, 0.1) is 43.1 Å². The Morgan fingerprint density at radius 3 is 2.61 bits per heavy atom. The normalized spacial score (nSPS) is 19.0. The molecule has 0 saturated carbocycles. The Balaban J connectivity index is 2.18. The summed E-state index contributed by atoms with van der Waals surface area (Å²) in [6.07, 6.45) is -1.12. The summed E-state index contributed by atoms with van der Waals surface area (Å²) in [6.45, 7) is 3.56. The summed E-state index contributed by atoms with van der Waals surface area (Å²) in [5.41, 5.74) is -1.61. The van der Waals surface area contributed by atoms with Gasteiger partial charge in [0.2, 0.25) is 5.91 Å². The van der Waals surface area contributed by atoms with Crippen LogP contribution in [0.25, 0.3) is 0 Å². The van der Waals surface area contributed by atoms with Gasteiger partial charge in [-0.25, -0.2) is 4.79 Å². The molecule has 13 heteroatoms. The first-order valence-corrected chi connectivity index (χ1v) is 10.9. The van der Waals surface area contributed by atoms with Gasteiger partial charge < -0.3 is 29.8 Å². The Morgan fingerprint density at radius 2 is 2.00 bits per heavy atom. The number of ether oxygens (including phenoxy) is 1. The zero-order valence-corrected chi connectivity index (χ0v) is 19.9. The van der Waals surface area contributed by atoms with Crippen LogP contribution in [0.4, 0.5) is 5.69 Å². The second-order valence-corrected chi connectivity index (χ2v) is 8.83. The van der Waals surface area contributed by atoms with Crippen LogP contribution in [0.3, 0.4) is 0 Å². The van der Waals surface area contributed by atoms with Crippen molar-refractivity contribution in [2.75, 3.05) is 19.0 Å². The molecule has 1 saturated heterocycles. The molecule has 0 radical (unpaired) electrons. The minimum Gasteiger partial charge on any atom is -0.508 e. The number of carboxylic acid groups (broad SMARTS) is 1. The zero-order valence-electron chi connectivity index (χ0n) is 18.4. The SMILES string of the molecule is COC(=O)[C@@]1(CC(=O)O)CC(=O)OB([C@H](CC(C)C)NC(=O)CNc2cc(Cl)ccc2Cl)O1. The Labute approximate surface area is 201 Å². The molecule has 3 N–H and O–H groups in total. The Kier molecular flexibility index (Phi) is 9.39. The van der Waals surface area contributed by atoms with Crippen LogP contribution in [-0.4, -0.2) is 61.2 Å². The Bertz CT molecular complexity index is 912. The molecule has 1 amide bonds. The highest BCUT2D eigenvalue weighted by atomic mass is 35.5. The van der Waals surface area contributed by atoms with Gasteiger partial charge in [-0.05, 0) is 30.5 Å². The molecule has 1 aromatic rings. The first-order chi connectivity index (χ1) is 15.5. The lowest BCUT2D eigenvalue weighted by Crippen LogP contribution is -2.61. The van der Waals surface area contributed by atoms with Gasteiger partial charge in [-0.3, -0.25) is 14.4 Å². The fourth-order valence-corrected chi connectivity index (χ4v) is 3.75. The predicted octanol–water partition coefficient (Wildman–Crippen LogP) is 2.31. The van der Waals surface area contributed by atoms with E-state index >= 15 is 0 Å². The number of hydrogen-bond acceptors (Lipinski definition) is 8. The lowest BCUT2D eigenvalue weighted by atomic mass is 9.70. The van der Waals surface area contributed by atoms with E-state index in [1.54, 1.807) is 18.2 Å². The van der Waals surface area contributed by atoms with E-state index in [4.69, 9.17) is 32.5 Å². The second-order valence-electron chi connectivity index (χ2n) is 7.99. The van der Waals surface area contributed by atoms with Crippen LogP contribution in [0.5, 0.6) is 0 Å². The molecule has 0 bridgehead atoms. The van der Waals surface area contributed by atoms with E-state index in [-0.39, 0.29) is 12.5 Å². The topological polar surface area (TPSA) is 140 Å². The van der Waals surface area contributed by atoms with E-state index in [0.29, 0.717) is 22.2 Å². The molecule has 1 aromatic carbocycles. The summed E-state index contributed by atoms with van der Waals surface area (Å²) in [7, 11) is -0.338. The molecule has 0 aromatic heterocycles. The maximum Gasteiger partial charge on any atom is 0.552 e. The lowest BCUT2D eigenvalue weighted by Gasteiger charge is -2.38. The second kappa shape index (κ2) is 11.6. The van der Waals surface area contributed by atoms with Gasteiger partial charge >= 0.3 is 19.1 Å². The molecule has 0 unspecified atom stereocenters. The number of halogens is 2. The van der Waals surface area contributed by atoms with Crippen LogP contribution in [0.1, 0.15) is 33.1 Å². The summed E-state index contributed by atoms with van der Waals surface area (Å²) < 4.78 is 15.6. The molecule has 0 aliphatic carbocycles. The third-order valence-corrected chi connectivity index (χ3v) is 5.35. The van der Waals surface area contributed by atoms with Crippen molar-refractivity contribution in [1.29, 1.82) is 0 Å². The van der Waals surface area contributed by atoms with Gasteiger partial charge in [-0.1, -0.05) is 37.0 Å². The maximum absolute atomic E-state index is 12.6. The maximum atomic E-state index is 12.6. The van der Waals surface area contributed by atoms with Crippen LogP contribution in [0, 0.1) is 5.92 Å². The van der Waals surface area contributed by atoms with E-state index in [1.165, 1.54) is 0 Å². The number of benzene rings is 1. The summed E-state index contributed by atoms with van der Waals surface area (Å²) in [6, 6.07) is 4.74. The van der Waals surface area contributed by atoms with Crippen molar-refractivity contribution >= 4 is 59.8 Å². The Hall–Kier alpha value is -2.50. The molecule has 10 nitrogen and oxygen atoms in total. The van der Waals surface area contributed by atoms with Gasteiger partial charge in [-0.2, -0.15) is 0 Å². The molecule has 1 heterocycles. The number of carbonyl (C=O) groups excluding carboxylic acids is 3.